The van der Waals surface area contributed by atoms with Gasteiger partial charge in [-0.25, -0.2) is 14.4 Å². The van der Waals surface area contributed by atoms with Crippen molar-refractivity contribution in [1.29, 1.82) is 0 Å². The van der Waals surface area contributed by atoms with E-state index in [1.54, 1.807) is 45.6 Å². The number of nitrogens with one attached hydrogen (secondary N) is 1. The van der Waals surface area contributed by atoms with Crippen molar-refractivity contribution >= 4 is 23.3 Å². The molecule has 2 aromatic carbocycles. The molecule has 0 spiro atoms. The van der Waals surface area contributed by atoms with E-state index in [0.29, 0.717) is 34.8 Å². The molecule has 8 nitrogen and oxygen atoms in total. The van der Waals surface area contributed by atoms with E-state index in [4.69, 9.17) is 14.2 Å². The molecule has 1 unspecified atom stereocenters. The minimum atomic E-state index is -0.242. The first-order chi connectivity index (χ1) is 15.0. The molecular weight excluding hydrogens is 401 g/mol. The quantitative estimate of drug-likeness (QED) is 0.628. The van der Waals surface area contributed by atoms with Crippen LogP contribution in [0.1, 0.15) is 18.9 Å². The second kappa shape index (κ2) is 8.63. The van der Waals surface area contributed by atoms with Crippen LogP contribution in [0.15, 0.2) is 36.7 Å². The number of nitrogens with zero attached hydrogens (tertiary/aromatic N) is 4. The van der Waals surface area contributed by atoms with Crippen LogP contribution >= 0.6 is 0 Å². The van der Waals surface area contributed by atoms with Gasteiger partial charge in [0.05, 0.1) is 21.3 Å². The SMILES string of the molecule is COc1cc(Nc2ncnc(N3c4ccc(F)cc4CCC3C)n2)cc(OC)c1OC. The second-order valence-corrected chi connectivity index (χ2v) is 7.18. The van der Waals surface area contributed by atoms with Crippen LogP contribution in [0.25, 0.3) is 0 Å². The number of rotatable bonds is 6. The maximum absolute atomic E-state index is 13.7. The number of hydrogen-bond donors (Lipinski definition) is 1. The van der Waals surface area contributed by atoms with E-state index in [-0.39, 0.29) is 11.9 Å². The molecule has 1 aliphatic rings. The van der Waals surface area contributed by atoms with Gasteiger partial charge in [-0.1, -0.05) is 0 Å². The Morgan fingerprint density at radius 2 is 1.77 bits per heavy atom. The molecule has 0 saturated carbocycles. The van der Waals surface area contributed by atoms with E-state index < -0.39 is 0 Å². The highest BCUT2D eigenvalue weighted by molar-refractivity contribution is 5.68. The zero-order valence-corrected chi connectivity index (χ0v) is 17.8. The standard InChI is InChI=1S/C22H24FN5O3/c1-13-5-6-14-9-15(23)7-8-17(14)28(13)22-25-12-24-21(27-22)26-16-10-18(29-2)20(31-4)19(11-16)30-3/h7-13H,5-6H2,1-4H3,(H,24,25,26,27). The Kier molecular flexibility index (Phi) is 5.75. The summed E-state index contributed by atoms with van der Waals surface area (Å²) in [4.78, 5) is 15.2. The molecule has 0 radical (unpaired) electrons. The lowest BCUT2D eigenvalue weighted by atomic mass is 9.97. The van der Waals surface area contributed by atoms with Gasteiger partial charge in [0.15, 0.2) is 11.5 Å². The fourth-order valence-electron chi connectivity index (χ4n) is 3.77. The van der Waals surface area contributed by atoms with Crippen LogP contribution in [-0.2, 0) is 6.42 Å². The van der Waals surface area contributed by atoms with Crippen LogP contribution in [0.3, 0.4) is 0 Å². The number of benzene rings is 2. The molecular formula is C22H24FN5O3. The van der Waals surface area contributed by atoms with E-state index in [2.05, 4.69) is 27.2 Å². The lowest BCUT2D eigenvalue weighted by Gasteiger charge is -2.35. The van der Waals surface area contributed by atoms with E-state index in [1.165, 1.54) is 12.4 Å². The molecule has 1 aromatic heterocycles. The number of fused-ring (bicyclic) bond motifs is 1. The van der Waals surface area contributed by atoms with Gasteiger partial charge in [0.1, 0.15) is 12.1 Å². The van der Waals surface area contributed by atoms with Gasteiger partial charge in [-0.05, 0) is 43.5 Å². The first kappa shape index (κ1) is 20.6. The summed E-state index contributed by atoms with van der Waals surface area (Å²) in [7, 11) is 4.66. The summed E-state index contributed by atoms with van der Waals surface area (Å²) in [5.41, 5.74) is 2.52. The van der Waals surface area contributed by atoms with Gasteiger partial charge >= 0.3 is 0 Å². The van der Waals surface area contributed by atoms with Crippen LogP contribution in [0, 0.1) is 5.82 Å². The number of methoxy groups -OCH3 is 3. The first-order valence-electron chi connectivity index (χ1n) is 9.87. The molecule has 0 aliphatic carbocycles. The summed E-state index contributed by atoms with van der Waals surface area (Å²) in [5, 5.41) is 3.17. The monoisotopic (exact) mass is 425 g/mol. The number of aromatic nitrogens is 3. The minimum Gasteiger partial charge on any atom is -0.493 e. The van der Waals surface area contributed by atoms with E-state index in [0.717, 1.165) is 24.1 Å². The molecule has 1 N–H and O–H groups in total. The molecule has 3 aromatic rings. The lowest BCUT2D eigenvalue weighted by molar-refractivity contribution is 0.324. The van der Waals surface area contributed by atoms with Crippen molar-refractivity contribution in [3.05, 3.63) is 48.0 Å². The lowest BCUT2D eigenvalue weighted by Crippen LogP contribution is -2.34. The summed E-state index contributed by atoms with van der Waals surface area (Å²) in [6.07, 6.45) is 3.14. The number of hydrogen-bond acceptors (Lipinski definition) is 8. The molecule has 162 valence electrons. The van der Waals surface area contributed by atoms with E-state index >= 15 is 0 Å². The van der Waals surface area contributed by atoms with E-state index in [9.17, 15) is 4.39 Å². The third-order valence-corrected chi connectivity index (χ3v) is 5.27. The molecule has 0 amide bonds. The Hall–Kier alpha value is -3.62. The van der Waals surface area contributed by atoms with Crippen LogP contribution in [0.4, 0.5) is 27.7 Å². The third-order valence-electron chi connectivity index (χ3n) is 5.27. The van der Waals surface area contributed by atoms with E-state index in [1.807, 2.05) is 4.90 Å². The average molecular weight is 425 g/mol. The van der Waals surface area contributed by atoms with Crippen molar-refractivity contribution < 1.29 is 18.6 Å². The fraction of sp³-hybridized carbons (Fsp3) is 0.318. The summed E-state index contributed by atoms with van der Waals surface area (Å²) in [6, 6.07) is 8.51. The van der Waals surface area contributed by atoms with Gasteiger partial charge in [0.2, 0.25) is 17.6 Å². The van der Waals surface area contributed by atoms with Crippen molar-refractivity contribution in [3.63, 3.8) is 0 Å². The van der Waals surface area contributed by atoms with Gasteiger partial charge in [0.25, 0.3) is 0 Å². The maximum Gasteiger partial charge on any atom is 0.234 e. The smallest absolute Gasteiger partial charge is 0.234 e. The van der Waals surface area contributed by atoms with Gasteiger partial charge in [0, 0.05) is 29.5 Å². The van der Waals surface area contributed by atoms with Gasteiger partial charge in [-0.2, -0.15) is 4.98 Å². The Morgan fingerprint density at radius 3 is 2.45 bits per heavy atom. The first-order valence-corrected chi connectivity index (χ1v) is 9.87. The van der Waals surface area contributed by atoms with Crippen molar-refractivity contribution in [2.45, 2.75) is 25.8 Å². The zero-order valence-electron chi connectivity index (χ0n) is 17.8. The molecule has 0 fully saturated rings. The van der Waals surface area contributed by atoms with Crippen LogP contribution < -0.4 is 24.4 Å². The van der Waals surface area contributed by atoms with Gasteiger partial charge in [-0.15, -0.1) is 0 Å². The molecule has 31 heavy (non-hydrogen) atoms. The third kappa shape index (κ3) is 4.03. The molecule has 4 rings (SSSR count). The second-order valence-electron chi connectivity index (χ2n) is 7.18. The highest BCUT2D eigenvalue weighted by Crippen LogP contribution is 2.40. The zero-order chi connectivity index (χ0) is 22.0. The van der Waals surface area contributed by atoms with Crippen molar-refractivity contribution in [1.82, 2.24) is 15.0 Å². The molecule has 1 aliphatic heterocycles. The summed E-state index contributed by atoms with van der Waals surface area (Å²) >= 11 is 0. The average Bonchev–Trinajstić information content (AvgIpc) is 2.78. The van der Waals surface area contributed by atoms with Crippen molar-refractivity contribution in [2.75, 3.05) is 31.5 Å². The van der Waals surface area contributed by atoms with Crippen molar-refractivity contribution in [2.24, 2.45) is 0 Å². The summed E-state index contributed by atoms with van der Waals surface area (Å²) in [6.45, 7) is 2.10. The molecule has 1 atom stereocenters. The Labute approximate surface area is 180 Å². The summed E-state index contributed by atoms with van der Waals surface area (Å²) < 4.78 is 29.9. The van der Waals surface area contributed by atoms with Gasteiger partial charge in [-0.3, -0.25) is 0 Å². The van der Waals surface area contributed by atoms with Crippen molar-refractivity contribution in [3.8, 4) is 17.2 Å². The molecule has 2 heterocycles. The van der Waals surface area contributed by atoms with Crippen LogP contribution in [-0.4, -0.2) is 42.3 Å². The highest BCUT2D eigenvalue weighted by atomic mass is 19.1. The number of halogens is 1. The van der Waals surface area contributed by atoms with Crippen LogP contribution in [0.2, 0.25) is 0 Å². The summed E-state index contributed by atoms with van der Waals surface area (Å²) in [5.74, 6) is 2.13. The predicted octanol–water partition coefficient (Wildman–Crippen LogP) is 4.25. The number of anilines is 4. The molecule has 0 bridgehead atoms. The fourth-order valence-corrected chi connectivity index (χ4v) is 3.77. The Balaban J connectivity index is 1.68. The molecule has 0 saturated heterocycles. The maximum atomic E-state index is 13.7. The minimum absolute atomic E-state index is 0.161. The number of ether oxygens (including phenoxy) is 3. The number of aryl methyl sites for hydroxylation is 1. The Bertz CT molecular complexity index is 1070. The largest absolute Gasteiger partial charge is 0.493 e. The molecule has 9 heteroatoms. The Morgan fingerprint density at radius 1 is 1.03 bits per heavy atom. The predicted molar refractivity (Wildman–Crippen MR) is 116 cm³/mol. The highest BCUT2D eigenvalue weighted by Gasteiger charge is 2.27. The van der Waals surface area contributed by atoms with Gasteiger partial charge < -0.3 is 24.4 Å². The normalized spacial score (nSPS) is 15.3. The topological polar surface area (TPSA) is 81.6 Å². The van der Waals surface area contributed by atoms with Crippen LogP contribution in [0.5, 0.6) is 17.2 Å².